The Morgan fingerprint density at radius 3 is 2.79 bits per heavy atom. The average molecular weight is 406 g/mol. The van der Waals surface area contributed by atoms with Gasteiger partial charge in [0.2, 0.25) is 0 Å². The molecule has 4 nitrogen and oxygen atoms in total. The second kappa shape index (κ2) is 7.64. The summed E-state index contributed by atoms with van der Waals surface area (Å²) in [6, 6.07) is 12.6. The molecule has 0 aliphatic carbocycles. The van der Waals surface area contributed by atoms with Crippen molar-refractivity contribution in [3.05, 3.63) is 87.5 Å². The number of aromatic nitrogens is 1. The fourth-order valence-electron chi connectivity index (χ4n) is 2.33. The van der Waals surface area contributed by atoms with Crippen molar-refractivity contribution in [2.75, 3.05) is 0 Å². The van der Waals surface area contributed by atoms with Gasteiger partial charge in [-0.25, -0.2) is 0 Å². The number of benzene rings is 1. The Labute approximate surface area is 153 Å². The van der Waals surface area contributed by atoms with Crippen molar-refractivity contribution in [1.29, 1.82) is 0 Å². The molecule has 0 bridgehead atoms. The van der Waals surface area contributed by atoms with E-state index in [1.807, 2.05) is 18.2 Å². The van der Waals surface area contributed by atoms with Crippen LogP contribution in [-0.4, -0.2) is 15.8 Å². The van der Waals surface area contributed by atoms with Gasteiger partial charge < -0.3 is 9.32 Å². The third-order valence-corrected chi connectivity index (χ3v) is 4.40. The van der Waals surface area contributed by atoms with Crippen LogP contribution in [0.1, 0.15) is 21.7 Å². The minimum atomic E-state index is -0.135. The fraction of sp³-hybridized carbons (Fsp3) is 0.111. The number of rotatable bonds is 5. The molecule has 0 saturated carbocycles. The lowest BCUT2D eigenvalue weighted by atomic mass is 10.1. The summed E-state index contributed by atoms with van der Waals surface area (Å²) in [6.45, 7) is 0.784. The number of furan rings is 1. The molecule has 1 aromatic carbocycles. The molecule has 6 heteroatoms. The molecule has 0 spiro atoms. The van der Waals surface area contributed by atoms with E-state index in [1.165, 1.54) is 0 Å². The van der Waals surface area contributed by atoms with E-state index in [0.717, 1.165) is 5.56 Å². The highest BCUT2D eigenvalue weighted by molar-refractivity contribution is 9.10. The molecule has 0 saturated heterocycles. The maximum atomic E-state index is 13.0. The number of pyridine rings is 1. The Hall–Kier alpha value is -2.11. The van der Waals surface area contributed by atoms with Gasteiger partial charge in [-0.15, -0.1) is 0 Å². The third-order valence-electron chi connectivity index (χ3n) is 3.47. The van der Waals surface area contributed by atoms with Crippen LogP contribution in [0.25, 0.3) is 0 Å². The Balaban J connectivity index is 1.90. The third kappa shape index (κ3) is 4.04. The predicted octanol–water partition coefficient (Wildman–Crippen LogP) is 4.93. The van der Waals surface area contributed by atoms with Gasteiger partial charge in [0.1, 0.15) is 5.76 Å². The molecule has 0 aliphatic heterocycles. The molecular weight excluding hydrogens is 392 g/mol. The van der Waals surface area contributed by atoms with Gasteiger partial charge in [0.05, 0.1) is 18.4 Å². The predicted molar refractivity (Wildman–Crippen MR) is 95.7 cm³/mol. The number of hydrogen-bond acceptors (Lipinski definition) is 3. The Morgan fingerprint density at radius 2 is 2.08 bits per heavy atom. The van der Waals surface area contributed by atoms with Crippen molar-refractivity contribution in [1.82, 2.24) is 9.88 Å². The molecular formula is C18H14BrClN2O2. The molecule has 2 aromatic heterocycles. The Morgan fingerprint density at radius 1 is 1.21 bits per heavy atom. The molecule has 24 heavy (non-hydrogen) atoms. The largest absolute Gasteiger partial charge is 0.467 e. The van der Waals surface area contributed by atoms with Gasteiger partial charge in [0.25, 0.3) is 5.91 Å². The van der Waals surface area contributed by atoms with E-state index in [0.29, 0.717) is 33.9 Å². The van der Waals surface area contributed by atoms with Gasteiger partial charge in [-0.3, -0.25) is 9.78 Å². The molecule has 0 unspecified atom stereocenters. The molecule has 3 rings (SSSR count). The standard InChI is InChI=1S/C18H14BrClN2O2/c19-17-6-5-14(20)9-16(17)18(23)22(12-15-4-2-8-24-15)11-13-3-1-7-21-10-13/h1-10H,11-12H2. The number of hydrogen-bond donors (Lipinski definition) is 0. The number of halogens is 2. The molecule has 3 aromatic rings. The molecule has 0 fully saturated rings. The van der Waals surface area contributed by atoms with Crippen LogP contribution in [0.3, 0.4) is 0 Å². The van der Waals surface area contributed by atoms with Crippen molar-refractivity contribution in [2.24, 2.45) is 0 Å². The number of amides is 1. The first-order chi connectivity index (χ1) is 11.6. The van der Waals surface area contributed by atoms with Crippen LogP contribution in [0.5, 0.6) is 0 Å². The first-order valence-electron chi connectivity index (χ1n) is 7.29. The number of carbonyl (C=O) groups excluding carboxylic acids is 1. The molecule has 0 radical (unpaired) electrons. The van der Waals surface area contributed by atoms with Gasteiger partial charge in [-0.05, 0) is 57.9 Å². The Kier molecular flexibility index (Phi) is 5.33. The van der Waals surface area contributed by atoms with Crippen LogP contribution in [0.4, 0.5) is 0 Å². The first-order valence-corrected chi connectivity index (χ1v) is 8.46. The smallest absolute Gasteiger partial charge is 0.255 e. The van der Waals surface area contributed by atoms with Crippen molar-refractivity contribution >= 4 is 33.4 Å². The molecule has 0 N–H and O–H groups in total. The lowest BCUT2D eigenvalue weighted by Gasteiger charge is -2.22. The van der Waals surface area contributed by atoms with E-state index < -0.39 is 0 Å². The summed E-state index contributed by atoms with van der Waals surface area (Å²) in [5.41, 5.74) is 1.45. The summed E-state index contributed by atoms with van der Waals surface area (Å²) in [7, 11) is 0. The topological polar surface area (TPSA) is 46.3 Å². The van der Waals surface area contributed by atoms with Gasteiger partial charge >= 0.3 is 0 Å². The van der Waals surface area contributed by atoms with Crippen LogP contribution >= 0.6 is 27.5 Å². The highest BCUT2D eigenvalue weighted by Crippen LogP contribution is 2.24. The zero-order chi connectivity index (χ0) is 16.9. The first kappa shape index (κ1) is 16.7. The quantitative estimate of drug-likeness (QED) is 0.604. The maximum Gasteiger partial charge on any atom is 0.255 e. The van der Waals surface area contributed by atoms with Crippen LogP contribution in [0.15, 0.2) is 70.0 Å². The average Bonchev–Trinajstić information content (AvgIpc) is 3.10. The van der Waals surface area contributed by atoms with E-state index in [4.69, 9.17) is 16.0 Å². The van der Waals surface area contributed by atoms with E-state index in [-0.39, 0.29) is 5.91 Å². The van der Waals surface area contributed by atoms with E-state index in [2.05, 4.69) is 20.9 Å². The van der Waals surface area contributed by atoms with Gasteiger partial charge in [-0.2, -0.15) is 0 Å². The highest BCUT2D eigenvalue weighted by Gasteiger charge is 2.20. The zero-order valence-corrected chi connectivity index (χ0v) is 15.0. The maximum absolute atomic E-state index is 13.0. The molecule has 2 heterocycles. The van der Waals surface area contributed by atoms with E-state index in [9.17, 15) is 4.79 Å². The van der Waals surface area contributed by atoms with E-state index >= 15 is 0 Å². The lowest BCUT2D eigenvalue weighted by molar-refractivity contribution is 0.0716. The van der Waals surface area contributed by atoms with Gasteiger partial charge in [-0.1, -0.05) is 17.7 Å². The summed E-state index contributed by atoms with van der Waals surface area (Å²) in [5.74, 6) is 0.579. The molecule has 1 amide bonds. The van der Waals surface area contributed by atoms with Gasteiger partial charge in [0, 0.05) is 28.4 Å². The molecule has 0 atom stereocenters. The van der Waals surface area contributed by atoms with Crippen LogP contribution in [-0.2, 0) is 13.1 Å². The van der Waals surface area contributed by atoms with Crippen LogP contribution in [0.2, 0.25) is 5.02 Å². The van der Waals surface area contributed by atoms with Crippen molar-refractivity contribution in [3.63, 3.8) is 0 Å². The minimum Gasteiger partial charge on any atom is -0.467 e. The summed E-state index contributed by atoms with van der Waals surface area (Å²) in [5, 5.41) is 0.515. The second-order valence-corrected chi connectivity index (χ2v) is 6.52. The number of carbonyl (C=O) groups is 1. The monoisotopic (exact) mass is 404 g/mol. The summed E-state index contributed by atoms with van der Waals surface area (Å²) in [6.07, 6.45) is 5.04. The number of nitrogens with zero attached hydrogens (tertiary/aromatic N) is 2. The van der Waals surface area contributed by atoms with Crippen molar-refractivity contribution in [2.45, 2.75) is 13.1 Å². The fourth-order valence-corrected chi connectivity index (χ4v) is 2.92. The highest BCUT2D eigenvalue weighted by atomic mass is 79.9. The molecule has 122 valence electrons. The zero-order valence-electron chi connectivity index (χ0n) is 12.7. The second-order valence-electron chi connectivity index (χ2n) is 5.23. The van der Waals surface area contributed by atoms with Crippen molar-refractivity contribution in [3.8, 4) is 0 Å². The van der Waals surface area contributed by atoms with Gasteiger partial charge in [0.15, 0.2) is 0 Å². The van der Waals surface area contributed by atoms with E-state index in [1.54, 1.807) is 47.8 Å². The normalized spacial score (nSPS) is 10.6. The van der Waals surface area contributed by atoms with Crippen LogP contribution in [0, 0.1) is 0 Å². The minimum absolute atomic E-state index is 0.135. The molecule has 0 aliphatic rings. The Bertz CT molecular complexity index is 822. The summed E-state index contributed by atoms with van der Waals surface area (Å²) in [4.78, 5) is 18.8. The lowest BCUT2D eigenvalue weighted by Crippen LogP contribution is -2.30. The summed E-state index contributed by atoms with van der Waals surface area (Å²) < 4.78 is 6.10. The van der Waals surface area contributed by atoms with Crippen molar-refractivity contribution < 1.29 is 9.21 Å². The van der Waals surface area contributed by atoms with Crippen LogP contribution < -0.4 is 0 Å². The summed E-state index contributed by atoms with van der Waals surface area (Å²) >= 11 is 9.47. The SMILES string of the molecule is O=C(c1cc(Cl)ccc1Br)N(Cc1cccnc1)Cc1ccco1.